The van der Waals surface area contributed by atoms with Crippen LogP contribution in [0.1, 0.15) is 41.6 Å². The molecule has 4 aromatic rings. The number of hydrogen-bond donors (Lipinski definition) is 0. The van der Waals surface area contributed by atoms with Gasteiger partial charge in [-0.15, -0.1) is 5.10 Å². The Morgan fingerprint density at radius 1 is 1.00 bits per heavy atom. The molecule has 192 valence electrons. The molecule has 2 aromatic carbocycles. The van der Waals surface area contributed by atoms with Crippen LogP contribution in [0, 0.1) is 5.92 Å². The van der Waals surface area contributed by atoms with Gasteiger partial charge in [0.1, 0.15) is 18.7 Å². The SMILES string of the molecule is O=C1COc2cc(C3=CN=C([C@@H]4[C@H]5C[C@H]5c5cc(-c6cc(Cl)ccc6-n6cnnn6)cc(=O)n54)C3)ccc2C1. The molecule has 39 heavy (non-hydrogen) atoms. The van der Waals surface area contributed by atoms with Crippen molar-refractivity contribution >= 4 is 28.7 Å². The van der Waals surface area contributed by atoms with Crippen LogP contribution < -0.4 is 10.3 Å². The van der Waals surface area contributed by atoms with Crippen molar-refractivity contribution in [3.8, 4) is 22.6 Å². The van der Waals surface area contributed by atoms with Crippen LogP contribution >= 0.6 is 11.6 Å². The smallest absolute Gasteiger partial charge is 0.251 e. The van der Waals surface area contributed by atoms with Gasteiger partial charge in [-0.3, -0.25) is 14.6 Å². The van der Waals surface area contributed by atoms with Gasteiger partial charge in [0.05, 0.1) is 11.7 Å². The van der Waals surface area contributed by atoms with E-state index < -0.39 is 0 Å². The third kappa shape index (κ3) is 3.60. The van der Waals surface area contributed by atoms with Crippen molar-refractivity contribution in [1.29, 1.82) is 0 Å². The van der Waals surface area contributed by atoms with Crippen LogP contribution in [-0.4, -0.2) is 42.9 Å². The van der Waals surface area contributed by atoms with Crippen molar-refractivity contribution in [1.82, 2.24) is 24.8 Å². The molecule has 0 bridgehead atoms. The number of rotatable bonds is 4. The number of halogens is 1. The highest BCUT2D eigenvalue weighted by Crippen LogP contribution is 2.60. The molecule has 0 amide bonds. The van der Waals surface area contributed by atoms with E-state index in [9.17, 15) is 9.59 Å². The van der Waals surface area contributed by atoms with E-state index >= 15 is 0 Å². The number of benzene rings is 2. The zero-order chi connectivity index (χ0) is 26.2. The number of allylic oxidation sites excluding steroid dienone is 1. The van der Waals surface area contributed by atoms with Crippen LogP contribution in [0.3, 0.4) is 0 Å². The highest BCUT2D eigenvalue weighted by atomic mass is 35.5. The largest absolute Gasteiger partial charge is 0.486 e. The number of carbonyl (C=O) groups is 1. The van der Waals surface area contributed by atoms with Gasteiger partial charge in [-0.25, -0.2) is 0 Å². The molecule has 1 saturated carbocycles. The summed E-state index contributed by atoms with van der Waals surface area (Å²) in [5.41, 5.74) is 7.40. The second kappa shape index (κ2) is 8.31. The zero-order valence-electron chi connectivity index (χ0n) is 20.6. The molecule has 0 spiro atoms. The minimum absolute atomic E-state index is 0.0506. The molecule has 0 saturated heterocycles. The Kier molecular flexibility index (Phi) is 4.82. The number of tetrazole rings is 1. The van der Waals surface area contributed by atoms with Crippen molar-refractivity contribution in [2.75, 3.05) is 6.61 Å². The lowest BCUT2D eigenvalue weighted by atomic mass is 9.95. The predicted octanol–water partition coefficient (Wildman–Crippen LogP) is 4.19. The maximum Gasteiger partial charge on any atom is 0.251 e. The average molecular weight is 537 g/mol. The van der Waals surface area contributed by atoms with Gasteiger partial charge in [0, 0.05) is 58.6 Å². The number of nitrogens with zero attached hydrogens (tertiary/aromatic N) is 6. The number of pyridine rings is 1. The van der Waals surface area contributed by atoms with Crippen molar-refractivity contribution < 1.29 is 9.53 Å². The van der Waals surface area contributed by atoms with Gasteiger partial charge in [0.15, 0.2) is 5.78 Å². The Labute approximate surface area is 227 Å². The molecule has 1 aliphatic carbocycles. The highest BCUT2D eigenvalue weighted by Gasteiger charge is 2.54. The minimum atomic E-state index is -0.0508. The number of hydrogen-bond acceptors (Lipinski definition) is 7. The maximum absolute atomic E-state index is 13.6. The summed E-state index contributed by atoms with van der Waals surface area (Å²) in [6.45, 7) is 0.122. The van der Waals surface area contributed by atoms with E-state index in [4.69, 9.17) is 21.3 Å². The summed E-state index contributed by atoms with van der Waals surface area (Å²) in [6, 6.07) is 15.2. The monoisotopic (exact) mass is 536 g/mol. The third-order valence-electron chi connectivity index (χ3n) is 8.18. The van der Waals surface area contributed by atoms with Gasteiger partial charge in [0.2, 0.25) is 0 Å². The maximum atomic E-state index is 13.6. The van der Waals surface area contributed by atoms with Gasteiger partial charge >= 0.3 is 0 Å². The molecule has 4 aliphatic rings. The van der Waals surface area contributed by atoms with Crippen LogP contribution in [0.2, 0.25) is 5.02 Å². The molecule has 5 heterocycles. The number of fused-ring (bicyclic) bond motifs is 4. The molecule has 0 N–H and O–H groups in total. The van der Waals surface area contributed by atoms with E-state index in [-0.39, 0.29) is 24.0 Å². The standard InChI is InChI=1S/C29H21ClN6O3/c30-19-3-4-25(35-14-32-33-34-35)21(10-19)17-7-26-22-11-23(22)29(36(26)28(38)9-17)24-6-18(12-31-24)15-1-2-16-5-20(37)13-39-27(16)8-15/h1-4,7-10,12,14,22-23,29H,5-6,11,13H2/t22-,23+,29+/m1/s1. The molecule has 8 rings (SSSR count). The number of aliphatic imine (C=N–C) groups is 1. The molecule has 10 heteroatoms. The summed E-state index contributed by atoms with van der Waals surface area (Å²) in [4.78, 5) is 30.1. The summed E-state index contributed by atoms with van der Waals surface area (Å²) < 4.78 is 9.16. The Hall–Kier alpha value is -4.37. The number of Topliss-reactive ketones (excluding diaryl/α,β-unsaturated/α-hetero) is 1. The second-order valence-electron chi connectivity index (χ2n) is 10.5. The summed E-state index contributed by atoms with van der Waals surface area (Å²) in [7, 11) is 0. The van der Waals surface area contributed by atoms with E-state index in [0.717, 1.165) is 57.1 Å². The Bertz CT molecular complexity index is 1820. The van der Waals surface area contributed by atoms with Gasteiger partial charge < -0.3 is 9.30 Å². The third-order valence-corrected chi connectivity index (χ3v) is 8.42. The second-order valence-corrected chi connectivity index (χ2v) is 11.0. The van der Waals surface area contributed by atoms with Crippen LogP contribution in [-0.2, 0) is 11.2 Å². The molecule has 1 fully saturated rings. The van der Waals surface area contributed by atoms with Gasteiger partial charge in [0.25, 0.3) is 5.56 Å². The number of carbonyl (C=O) groups excluding carboxylic acids is 1. The number of ether oxygens (including phenoxy) is 1. The summed E-state index contributed by atoms with van der Waals surface area (Å²) >= 11 is 6.35. The Balaban J connectivity index is 1.11. The average Bonchev–Trinajstić information content (AvgIpc) is 3.28. The van der Waals surface area contributed by atoms with Crippen molar-refractivity contribution in [2.45, 2.75) is 31.2 Å². The summed E-state index contributed by atoms with van der Waals surface area (Å²) in [5.74, 6) is 1.56. The first-order chi connectivity index (χ1) is 19.0. The quantitative estimate of drug-likeness (QED) is 0.387. The highest BCUT2D eigenvalue weighted by molar-refractivity contribution is 6.31. The first-order valence-corrected chi connectivity index (χ1v) is 13.2. The normalized spacial score (nSPS) is 22.5. The van der Waals surface area contributed by atoms with Crippen LogP contribution in [0.5, 0.6) is 5.75 Å². The molecule has 2 aromatic heterocycles. The number of aromatic nitrogens is 5. The van der Waals surface area contributed by atoms with E-state index in [0.29, 0.717) is 29.7 Å². The lowest BCUT2D eigenvalue weighted by Crippen LogP contribution is -2.29. The van der Waals surface area contributed by atoms with Crippen molar-refractivity contribution in [3.05, 3.63) is 93.3 Å². The van der Waals surface area contributed by atoms with E-state index in [1.54, 1.807) is 16.8 Å². The van der Waals surface area contributed by atoms with Crippen LogP contribution in [0.4, 0.5) is 0 Å². The predicted molar refractivity (Wildman–Crippen MR) is 144 cm³/mol. The van der Waals surface area contributed by atoms with E-state index in [2.05, 4.69) is 21.6 Å². The van der Waals surface area contributed by atoms with Crippen LogP contribution in [0.25, 0.3) is 22.4 Å². The molecule has 9 nitrogen and oxygen atoms in total. The molecule has 3 atom stereocenters. The van der Waals surface area contributed by atoms with Crippen molar-refractivity contribution in [2.24, 2.45) is 10.9 Å². The van der Waals surface area contributed by atoms with Gasteiger partial charge in [-0.2, -0.15) is 4.68 Å². The van der Waals surface area contributed by atoms with Gasteiger partial charge in [-0.1, -0.05) is 23.7 Å². The lowest BCUT2D eigenvalue weighted by Gasteiger charge is -2.20. The molecule has 0 unspecified atom stereocenters. The van der Waals surface area contributed by atoms with E-state index in [1.165, 1.54) is 6.33 Å². The first-order valence-electron chi connectivity index (χ1n) is 12.9. The molecular weight excluding hydrogens is 516 g/mol. The van der Waals surface area contributed by atoms with Gasteiger partial charge in [-0.05, 0) is 69.8 Å². The minimum Gasteiger partial charge on any atom is -0.486 e. The fourth-order valence-corrected chi connectivity index (χ4v) is 6.47. The Morgan fingerprint density at radius 3 is 2.79 bits per heavy atom. The van der Waals surface area contributed by atoms with Crippen LogP contribution in [0.15, 0.2) is 70.8 Å². The van der Waals surface area contributed by atoms with E-state index in [1.807, 2.05) is 41.1 Å². The lowest BCUT2D eigenvalue weighted by molar-refractivity contribution is -0.121. The number of ketones is 1. The molecule has 0 radical (unpaired) electrons. The van der Waals surface area contributed by atoms with Crippen molar-refractivity contribution in [3.63, 3.8) is 0 Å². The summed E-state index contributed by atoms with van der Waals surface area (Å²) in [5, 5.41) is 12.1. The molecular formula is C29H21ClN6O3. The summed E-state index contributed by atoms with van der Waals surface area (Å²) in [6.07, 6.45) is 5.56. The first kappa shape index (κ1) is 22.6. The zero-order valence-corrected chi connectivity index (χ0v) is 21.4. The Morgan fingerprint density at radius 2 is 1.92 bits per heavy atom. The fourth-order valence-electron chi connectivity index (χ4n) is 6.30. The fraction of sp³-hybridized carbons (Fsp3) is 0.241. The topological polar surface area (TPSA) is 104 Å². The molecule has 3 aliphatic heterocycles.